The lowest BCUT2D eigenvalue weighted by molar-refractivity contribution is 0.256. The van der Waals surface area contributed by atoms with Crippen molar-refractivity contribution < 1.29 is 4.74 Å². The average molecular weight is 318 g/mol. The summed E-state index contributed by atoms with van der Waals surface area (Å²) in [5.74, 6) is 1.01. The summed E-state index contributed by atoms with van der Waals surface area (Å²) < 4.78 is 5.90. The first-order valence-electron chi connectivity index (χ1n) is 9.57. The van der Waals surface area contributed by atoms with Gasteiger partial charge in [-0.3, -0.25) is 0 Å². The summed E-state index contributed by atoms with van der Waals surface area (Å²) >= 11 is 0. The molecule has 2 heteroatoms. The fraction of sp³-hybridized carbons (Fsp3) is 0.714. The molecule has 0 amide bonds. The Morgan fingerprint density at radius 3 is 2.22 bits per heavy atom. The molecular weight excluding hydrogens is 282 g/mol. The average Bonchev–Trinajstić information content (AvgIpc) is 2.84. The third-order valence-electron chi connectivity index (χ3n) is 5.36. The third kappa shape index (κ3) is 6.18. The molecule has 0 atom stereocenters. The van der Waals surface area contributed by atoms with E-state index in [9.17, 15) is 0 Å². The molecule has 1 aliphatic heterocycles. The van der Waals surface area contributed by atoms with Crippen LogP contribution in [0.15, 0.2) is 24.3 Å². The standard InChI is InChI=1S/C21H35NO/c1-4-21(2,3)19-11-13-20(14-12-19)23-18-10-9-17-22-15-7-5-6-8-16-22/h11-14H,4-10,15-18H2,1-3H3. The smallest absolute Gasteiger partial charge is 0.119 e. The second kappa shape index (κ2) is 9.32. The molecule has 0 bridgehead atoms. The number of ether oxygens (including phenoxy) is 1. The van der Waals surface area contributed by atoms with Crippen molar-refractivity contribution in [2.24, 2.45) is 0 Å². The fourth-order valence-corrected chi connectivity index (χ4v) is 3.19. The van der Waals surface area contributed by atoms with Crippen molar-refractivity contribution in [3.05, 3.63) is 29.8 Å². The van der Waals surface area contributed by atoms with E-state index in [1.807, 2.05) is 0 Å². The molecule has 23 heavy (non-hydrogen) atoms. The van der Waals surface area contributed by atoms with E-state index in [1.165, 1.54) is 57.3 Å². The second-order valence-electron chi connectivity index (χ2n) is 7.57. The Balaban J connectivity index is 1.64. The lowest BCUT2D eigenvalue weighted by atomic mass is 9.82. The first-order valence-corrected chi connectivity index (χ1v) is 9.57. The van der Waals surface area contributed by atoms with E-state index in [0.717, 1.165) is 25.2 Å². The van der Waals surface area contributed by atoms with Crippen molar-refractivity contribution in [1.29, 1.82) is 0 Å². The first-order chi connectivity index (χ1) is 11.1. The van der Waals surface area contributed by atoms with Crippen LogP contribution in [0.2, 0.25) is 0 Å². The topological polar surface area (TPSA) is 12.5 Å². The van der Waals surface area contributed by atoms with Crippen LogP contribution in [0.3, 0.4) is 0 Å². The zero-order valence-electron chi connectivity index (χ0n) is 15.4. The highest BCUT2D eigenvalue weighted by molar-refractivity contribution is 5.31. The van der Waals surface area contributed by atoms with Gasteiger partial charge in [-0.15, -0.1) is 0 Å². The van der Waals surface area contributed by atoms with Crippen LogP contribution in [-0.4, -0.2) is 31.1 Å². The number of likely N-dealkylation sites (tertiary alicyclic amines) is 1. The van der Waals surface area contributed by atoms with E-state index in [-0.39, 0.29) is 5.41 Å². The highest BCUT2D eigenvalue weighted by Gasteiger charge is 2.17. The van der Waals surface area contributed by atoms with E-state index < -0.39 is 0 Å². The minimum Gasteiger partial charge on any atom is -0.494 e. The van der Waals surface area contributed by atoms with Gasteiger partial charge in [-0.1, -0.05) is 45.7 Å². The predicted molar refractivity (Wildman–Crippen MR) is 99.4 cm³/mol. The number of unbranched alkanes of at least 4 members (excludes halogenated alkanes) is 1. The molecule has 2 nitrogen and oxygen atoms in total. The zero-order valence-corrected chi connectivity index (χ0v) is 15.4. The lowest BCUT2D eigenvalue weighted by Gasteiger charge is -2.23. The Morgan fingerprint density at radius 1 is 0.957 bits per heavy atom. The Hall–Kier alpha value is -1.02. The highest BCUT2D eigenvalue weighted by atomic mass is 16.5. The minimum atomic E-state index is 0.256. The number of nitrogens with zero attached hydrogens (tertiary/aromatic N) is 1. The molecule has 0 radical (unpaired) electrons. The van der Waals surface area contributed by atoms with Gasteiger partial charge in [0.25, 0.3) is 0 Å². The van der Waals surface area contributed by atoms with E-state index >= 15 is 0 Å². The van der Waals surface area contributed by atoms with Crippen LogP contribution in [0.1, 0.15) is 71.3 Å². The molecule has 0 N–H and O–H groups in total. The number of rotatable bonds is 8. The number of benzene rings is 1. The first kappa shape index (κ1) is 18.3. The molecule has 0 unspecified atom stereocenters. The normalized spacial score (nSPS) is 17.0. The van der Waals surface area contributed by atoms with Crippen LogP contribution < -0.4 is 4.74 Å². The molecule has 1 aliphatic rings. The zero-order chi connectivity index (χ0) is 16.5. The highest BCUT2D eigenvalue weighted by Crippen LogP contribution is 2.28. The van der Waals surface area contributed by atoms with E-state index in [0.29, 0.717) is 0 Å². The Morgan fingerprint density at radius 2 is 1.61 bits per heavy atom. The van der Waals surface area contributed by atoms with Crippen molar-refractivity contribution in [3.63, 3.8) is 0 Å². The van der Waals surface area contributed by atoms with Crippen molar-refractivity contribution in [3.8, 4) is 5.75 Å². The number of hydrogen-bond donors (Lipinski definition) is 0. The van der Waals surface area contributed by atoms with Gasteiger partial charge in [-0.2, -0.15) is 0 Å². The maximum atomic E-state index is 5.90. The monoisotopic (exact) mass is 317 g/mol. The van der Waals surface area contributed by atoms with Gasteiger partial charge in [0.15, 0.2) is 0 Å². The van der Waals surface area contributed by atoms with Crippen LogP contribution in [0.4, 0.5) is 0 Å². The number of hydrogen-bond acceptors (Lipinski definition) is 2. The molecule has 0 spiro atoms. The molecular formula is C21H35NO. The molecule has 130 valence electrons. The molecule has 1 saturated heterocycles. The molecule has 1 aromatic carbocycles. The van der Waals surface area contributed by atoms with E-state index in [2.05, 4.69) is 49.9 Å². The third-order valence-corrected chi connectivity index (χ3v) is 5.36. The fourth-order valence-electron chi connectivity index (χ4n) is 3.19. The Labute approximate surface area is 143 Å². The van der Waals surface area contributed by atoms with Crippen molar-refractivity contribution in [2.45, 2.75) is 71.1 Å². The van der Waals surface area contributed by atoms with Crippen molar-refractivity contribution in [2.75, 3.05) is 26.2 Å². The summed E-state index contributed by atoms with van der Waals surface area (Å²) in [5.41, 5.74) is 1.65. The van der Waals surface area contributed by atoms with E-state index in [4.69, 9.17) is 4.74 Å². The summed E-state index contributed by atoms with van der Waals surface area (Å²) in [4.78, 5) is 2.63. The van der Waals surface area contributed by atoms with Crippen LogP contribution in [0.25, 0.3) is 0 Å². The summed E-state index contributed by atoms with van der Waals surface area (Å²) in [6.45, 7) is 11.5. The van der Waals surface area contributed by atoms with Gasteiger partial charge in [0.05, 0.1) is 6.61 Å². The van der Waals surface area contributed by atoms with Crippen LogP contribution in [0, 0.1) is 0 Å². The molecule has 1 fully saturated rings. The SMILES string of the molecule is CCC(C)(C)c1ccc(OCCCCN2CCCCCC2)cc1. The predicted octanol–water partition coefficient (Wildman–Crippen LogP) is 5.41. The van der Waals surface area contributed by atoms with Crippen LogP contribution in [0.5, 0.6) is 5.75 Å². The van der Waals surface area contributed by atoms with E-state index in [1.54, 1.807) is 0 Å². The van der Waals surface area contributed by atoms with Gasteiger partial charge < -0.3 is 9.64 Å². The molecule has 2 rings (SSSR count). The maximum absolute atomic E-state index is 5.90. The van der Waals surface area contributed by atoms with Gasteiger partial charge in [0, 0.05) is 0 Å². The molecule has 0 saturated carbocycles. The van der Waals surface area contributed by atoms with Crippen LogP contribution in [-0.2, 0) is 5.41 Å². The van der Waals surface area contributed by atoms with Gasteiger partial charge in [0.2, 0.25) is 0 Å². The summed E-state index contributed by atoms with van der Waals surface area (Å²) in [6.07, 6.45) is 9.17. The van der Waals surface area contributed by atoms with Crippen LogP contribution >= 0.6 is 0 Å². The minimum absolute atomic E-state index is 0.256. The molecule has 1 heterocycles. The Bertz CT molecular complexity index is 430. The van der Waals surface area contributed by atoms with Gasteiger partial charge in [0.1, 0.15) is 5.75 Å². The van der Waals surface area contributed by atoms with Gasteiger partial charge in [-0.25, -0.2) is 0 Å². The largest absolute Gasteiger partial charge is 0.494 e. The summed E-state index contributed by atoms with van der Waals surface area (Å²) in [5, 5.41) is 0. The van der Waals surface area contributed by atoms with Gasteiger partial charge in [-0.05, 0) is 74.8 Å². The molecule has 1 aromatic rings. The van der Waals surface area contributed by atoms with Crippen molar-refractivity contribution in [1.82, 2.24) is 4.90 Å². The quantitative estimate of drug-likeness (QED) is 0.594. The summed E-state index contributed by atoms with van der Waals surface area (Å²) in [7, 11) is 0. The van der Waals surface area contributed by atoms with Gasteiger partial charge >= 0.3 is 0 Å². The van der Waals surface area contributed by atoms with Crippen molar-refractivity contribution >= 4 is 0 Å². The lowest BCUT2D eigenvalue weighted by Crippen LogP contribution is -2.25. The molecule has 0 aromatic heterocycles. The second-order valence-corrected chi connectivity index (χ2v) is 7.57. The maximum Gasteiger partial charge on any atom is 0.119 e. The Kier molecular flexibility index (Phi) is 7.42. The molecule has 0 aliphatic carbocycles. The summed E-state index contributed by atoms with van der Waals surface area (Å²) in [6, 6.07) is 8.69.